The maximum Gasteiger partial charge on any atom is 0.257 e. The van der Waals surface area contributed by atoms with Gasteiger partial charge in [0.15, 0.2) is 5.82 Å². The fourth-order valence-corrected chi connectivity index (χ4v) is 3.39. The average Bonchev–Trinajstić information content (AvgIpc) is 2.94. The van der Waals surface area contributed by atoms with E-state index in [9.17, 15) is 9.59 Å². The van der Waals surface area contributed by atoms with Gasteiger partial charge in [0.2, 0.25) is 11.8 Å². The third kappa shape index (κ3) is 3.83. The molecule has 0 aliphatic carbocycles. The monoisotopic (exact) mass is 347 g/mol. The maximum atomic E-state index is 12.7. The third-order valence-electron chi connectivity index (χ3n) is 4.73. The van der Waals surface area contributed by atoms with Crippen molar-refractivity contribution in [3.63, 3.8) is 0 Å². The first-order chi connectivity index (χ1) is 12.0. The van der Waals surface area contributed by atoms with Crippen molar-refractivity contribution in [1.29, 1.82) is 0 Å². The van der Waals surface area contributed by atoms with Gasteiger partial charge >= 0.3 is 0 Å². The number of carbonyl (C=O) groups is 2. The molecular weight excluding hydrogens is 322 g/mol. The highest BCUT2D eigenvalue weighted by Gasteiger charge is 2.36. The van der Waals surface area contributed by atoms with Crippen LogP contribution in [0.2, 0.25) is 0 Å². The highest BCUT2D eigenvalue weighted by Crippen LogP contribution is 2.26. The van der Waals surface area contributed by atoms with Crippen molar-refractivity contribution in [3.8, 4) is 5.88 Å². The number of aromatic nitrogens is 2. The van der Waals surface area contributed by atoms with Gasteiger partial charge in [-0.05, 0) is 12.8 Å². The van der Waals surface area contributed by atoms with E-state index in [1.54, 1.807) is 24.3 Å². The van der Waals surface area contributed by atoms with Gasteiger partial charge in [0, 0.05) is 53.0 Å². The number of carbonyl (C=O) groups excluding carboxylic acids is 2. The smallest absolute Gasteiger partial charge is 0.257 e. The molecule has 136 valence electrons. The Morgan fingerprint density at radius 1 is 1.28 bits per heavy atom. The van der Waals surface area contributed by atoms with Gasteiger partial charge in [-0.15, -0.1) is 0 Å². The number of likely N-dealkylation sites (tertiary alicyclic amines) is 2. The quantitative estimate of drug-likeness (QED) is 0.784. The highest BCUT2D eigenvalue weighted by atomic mass is 16.5. The van der Waals surface area contributed by atoms with E-state index in [1.165, 1.54) is 0 Å². The summed E-state index contributed by atoms with van der Waals surface area (Å²) in [4.78, 5) is 38.3. The molecule has 0 radical (unpaired) electrons. The summed E-state index contributed by atoms with van der Waals surface area (Å²) in [6, 6.07) is 0. The second kappa shape index (κ2) is 7.25. The van der Waals surface area contributed by atoms with E-state index in [1.807, 2.05) is 23.9 Å². The first-order valence-corrected chi connectivity index (χ1v) is 8.63. The summed E-state index contributed by atoms with van der Waals surface area (Å²) in [5.41, 5.74) is 0. The number of anilines is 1. The lowest BCUT2D eigenvalue weighted by molar-refractivity contribution is -0.138. The maximum absolute atomic E-state index is 12.7. The van der Waals surface area contributed by atoms with Gasteiger partial charge in [-0.1, -0.05) is 0 Å². The minimum Gasteiger partial charge on any atom is -0.470 e. The summed E-state index contributed by atoms with van der Waals surface area (Å²) in [5, 5.41) is 0. The molecule has 8 nitrogen and oxygen atoms in total. The van der Waals surface area contributed by atoms with Crippen molar-refractivity contribution in [1.82, 2.24) is 19.8 Å². The van der Waals surface area contributed by atoms with Crippen LogP contribution < -0.4 is 9.64 Å². The molecule has 3 heterocycles. The van der Waals surface area contributed by atoms with Crippen LogP contribution in [0.15, 0.2) is 12.4 Å². The Morgan fingerprint density at radius 3 is 2.72 bits per heavy atom. The molecule has 25 heavy (non-hydrogen) atoms. The third-order valence-corrected chi connectivity index (χ3v) is 4.73. The Hall–Kier alpha value is -2.38. The van der Waals surface area contributed by atoms with Crippen LogP contribution in [0, 0.1) is 5.92 Å². The zero-order chi connectivity index (χ0) is 18.0. The first kappa shape index (κ1) is 17.4. The second-order valence-corrected chi connectivity index (χ2v) is 6.92. The van der Waals surface area contributed by atoms with E-state index in [-0.39, 0.29) is 23.8 Å². The van der Waals surface area contributed by atoms with Gasteiger partial charge < -0.3 is 19.4 Å². The number of hydrogen-bond acceptors (Lipinski definition) is 6. The molecule has 2 aliphatic heterocycles. The molecule has 2 atom stereocenters. The van der Waals surface area contributed by atoms with Crippen molar-refractivity contribution in [3.05, 3.63) is 12.4 Å². The summed E-state index contributed by atoms with van der Waals surface area (Å²) in [6.45, 7) is 1.75. The molecule has 0 spiro atoms. The van der Waals surface area contributed by atoms with Crippen LogP contribution >= 0.6 is 0 Å². The van der Waals surface area contributed by atoms with E-state index in [0.717, 1.165) is 12.8 Å². The Bertz CT molecular complexity index is 651. The molecule has 8 heteroatoms. The van der Waals surface area contributed by atoms with Crippen molar-refractivity contribution in [2.24, 2.45) is 5.92 Å². The average molecular weight is 347 g/mol. The van der Waals surface area contributed by atoms with Crippen molar-refractivity contribution >= 4 is 17.6 Å². The van der Waals surface area contributed by atoms with Crippen LogP contribution in [0.5, 0.6) is 5.88 Å². The van der Waals surface area contributed by atoms with Crippen molar-refractivity contribution in [2.75, 3.05) is 45.7 Å². The van der Waals surface area contributed by atoms with Crippen LogP contribution in [-0.4, -0.2) is 78.5 Å². The predicted octanol–water partition coefficient (Wildman–Crippen LogP) is 0.391. The Balaban J connectivity index is 1.64. The molecule has 2 fully saturated rings. The lowest BCUT2D eigenvalue weighted by atomic mass is 10.0. The van der Waals surface area contributed by atoms with Crippen LogP contribution in [0.3, 0.4) is 0 Å². The molecule has 3 rings (SSSR count). The van der Waals surface area contributed by atoms with E-state index in [4.69, 9.17) is 4.74 Å². The lowest BCUT2D eigenvalue weighted by Crippen LogP contribution is -2.47. The van der Waals surface area contributed by atoms with E-state index < -0.39 is 0 Å². The van der Waals surface area contributed by atoms with E-state index in [2.05, 4.69) is 9.97 Å². The Labute approximate surface area is 147 Å². The van der Waals surface area contributed by atoms with Gasteiger partial charge in [0.25, 0.3) is 5.88 Å². The van der Waals surface area contributed by atoms with Crippen LogP contribution in [-0.2, 0) is 9.59 Å². The molecule has 1 aromatic rings. The van der Waals surface area contributed by atoms with Crippen LogP contribution in [0.4, 0.5) is 5.82 Å². The molecule has 0 N–H and O–H groups in total. The molecule has 2 amide bonds. The van der Waals surface area contributed by atoms with E-state index in [0.29, 0.717) is 37.8 Å². The van der Waals surface area contributed by atoms with Crippen LogP contribution in [0.1, 0.15) is 19.3 Å². The minimum absolute atomic E-state index is 0.0401. The zero-order valence-electron chi connectivity index (χ0n) is 15.0. The summed E-state index contributed by atoms with van der Waals surface area (Å²) in [5.74, 6) is 1.03. The molecule has 2 aliphatic rings. The number of nitrogens with zero attached hydrogens (tertiary/aromatic N) is 5. The predicted molar refractivity (Wildman–Crippen MR) is 92.3 cm³/mol. The molecular formula is C17H25N5O3. The number of ether oxygens (including phenoxy) is 1. The normalized spacial score (nSPS) is 23.7. The molecule has 2 saturated heterocycles. The largest absolute Gasteiger partial charge is 0.470 e. The standard InChI is InChI=1S/C17H25N5O3/c1-20(2)15-16(19-7-6-18-15)25-13-5-4-8-22(11-13)17(24)12-9-14(23)21(3)10-12/h6-7,12-13H,4-5,8-11H2,1-3H3/t12-,13-/m1/s1. The first-order valence-electron chi connectivity index (χ1n) is 8.63. The molecule has 1 aromatic heterocycles. The van der Waals surface area contributed by atoms with E-state index >= 15 is 0 Å². The highest BCUT2D eigenvalue weighted by molar-refractivity contribution is 5.89. The van der Waals surface area contributed by atoms with Gasteiger partial charge in [-0.2, -0.15) is 0 Å². The van der Waals surface area contributed by atoms with Gasteiger partial charge in [-0.25, -0.2) is 9.97 Å². The summed E-state index contributed by atoms with van der Waals surface area (Å²) < 4.78 is 6.05. The zero-order valence-corrected chi connectivity index (χ0v) is 15.0. The van der Waals surface area contributed by atoms with Gasteiger partial charge in [0.1, 0.15) is 6.10 Å². The van der Waals surface area contributed by atoms with Crippen molar-refractivity contribution in [2.45, 2.75) is 25.4 Å². The number of amides is 2. The fourth-order valence-electron chi connectivity index (χ4n) is 3.39. The summed E-state index contributed by atoms with van der Waals surface area (Å²) >= 11 is 0. The molecule has 0 bridgehead atoms. The second-order valence-electron chi connectivity index (χ2n) is 6.92. The SMILES string of the molecule is CN1C[C@H](C(=O)N2CCC[C@@H](Oc3nccnc3N(C)C)C2)CC1=O. The molecule has 0 aromatic carbocycles. The Kier molecular flexibility index (Phi) is 5.06. The minimum atomic E-state index is -0.231. The number of hydrogen-bond donors (Lipinski definition) is 0. The Morgan fingerprint density at radius 2 is 2.04 bits per heavy atom. The number of rotatable bonds is 4. The summed E-state index contributed by atoms with van der Waals surface area (Å²) in [6.07, 6.45) is 5.19. The van der Waals surface area contributed by atoms with Crippen molar-refractivity contribution < 1.29 is 14.3 Å². The summed E-state index contributed by atoms with van der Waals surface area (Å²) in [7, 11) is 5.52. The van der Waals surface area contributed by atoms with Crippen LogP contribution in [0.25, 0.3) is 0 Å². The van der Waals surface area contributed by atoms with Gasteiger partial charge in [0.05, 0.1) is 12.5 Å². The topological polar surface area (TPSA) is 78.9 Å². The molecule has 0 saturated carbocycles. The lowest BCUT2D eigenvalue weighted by Gasteiger charge is -2.34. The molecule has 0 unspecified atom stereocenters. The fraction of sp³-hybridized carbons (Fsp3) is 0.647. The van der Waals surface area contributed by atoms with Gasteiger partial charge in [-0.3, -0.25) is 9.59 Å². The number of piperidine rings is 1.